The van der Waals surface area contributed by atoms with Gasteiger partial charge in [-0.1, -0.05) is 66.2 Å². The zero-order valence-electron chi connectivity index (χ0n) is 17.8. The quantitative estimate of drug-likeness (QED) is 0.620. The number of hydrogen-bond acceptors (Lipinski definition) is 2. The van der Waals surface area contributed by atoms with Crippen LogP contribution >= 0.6 is 0 Å². The van der Waals surface area contributed by atoms with Gasteiger partial charge in [-0.15, -0.1) is 0 Å². The van der Waals surface area contributed by atoms with Gasteiger partial charge in [0.15, 0.2) is 0 Å². The van der Waals surface area contributed by atoms with Gasteiger partial charge >= 0.3 is 0 Å². The van der Waals surface area contributed by atoms with E-state index in [1.807, 2.05) is 94.4 Å². The molecule has 1 saturated heterocycles. The van der Waals surface area contributed by atoms with E-state index in [0.717, 1.165) is 39.2 Å². The molecule has 1 aliphatic rings. The van der Waals surface area contributed by atoms with Crippen molar-refractivity contribution in [1.29, 1.82) is 0 Å². The Morgan fingerprint density at radius 1 is 0.767 bits per heavy atom. The molecule has 1 fully saturated rings. The van der Waals surface area contributed by atoms with E-state index in [9.17, 15) is 9.59 Å². The summed E-state index contributed by atoms with van der Waals surface area (Å²) in [5.41, 5.74) is 6.52. The molecular formula is C26H26N2O2. The van der Waals surface area contributed by atoms with Gasteiger partial charge in [0, 0.05) is 5.69 Å². The molecule has 3 aromatic rings. The Balaban J connectivity index is 1.87. The number of benzene rings is 3. The van der Waals surface area contributed by atoms with Crippen LogP contribution in [0, 0.1) is 27.7 Å². The highest BCUT2D eigenvalue weighted by atomic mass is 16.2. The number of nitrogens with zero attached hydrogens (tertiary/aromatic N) is 2. The van der Waals surface area contributed by atoms with E-state index >= 15 is 0 Å². The van der Waals surface area contributed by atoms with Crippen molar-refractivity contribution in [3.05, 3.63) is 94.5 Å². The minimum Gasteiger partial charge on any atom is -0.300 e. The molecule has 1 heterocycles. The van der Waals surface area contributed by atoms with Crippen molar-refractivity contribution >= 4 is 23.2 Å². The van der Waals surface area contributed by atoms with Crippen molar-refractivity contribution in [2.75, 3.05) is 16.3 Å². The monoisotopic (exact) mass is 398 g/mol. The van der Waals surface area contributed by atoms with Crippen molar-refractivity contribution < 1.29 is 9.59 Å². The van der Waals surface area contributed by atoms with Gasteiger partial charge in [-0.3, -0.25) is 14.5 Å². The largest absolute Gasteiger partial charge is 0.300 e. The van der Waals surface area contributed by atoms with E-state index in [-0.39, 0.29) is 18.4 Å². The summed E-state index contributed by atoms with van der Waals surface area (Å²) in [6.45, 7) is 8.00. The first-order valence-corrected chi connectivity index (χ1v) is 10.2. The van der Waals surface area contributed by atoms with E-state index in [2.05, 4.69) is 0 Å². The molecule has 4 rings (SSSR count). The molecule has 0 saturated carbocycles. The van der Waals surface area contributed by atoms with E-state index in [0.29, 0.717) is 0 Å². The first kappa shape index (κ1) is 19.9. The molecule has 0 N–H and O–H groups in total. The SMILES string of the molecule is Cc1ccc(N2C(=O)CN(c3c(C)cccc3C)C(=O)[C@@H]2c2ccccc2)c(C)c1. The number of carbonyl (C=O) groups excluding carboxylic acids is 2. The zero-order chi connectivity index (χ0) is 21.4. The minimum atomic E-state index is -0.701. The van der Waals surface area contributed by atoms with Gasteiger partial charge in [0.2, 0.25) is 5.91 Å². The number of rotatable bonds is 3. The Kier molecular flexibility index (Phi) is 5.17. The predicted octanol–water partition coefficient (Wildman–Crippen LogP) is 5.04. The normalized spacial score (nSPS) is 16.9. The highest BCUT2D eigenvalue weighted by molar-refractivity contribution is 6.15. The molecule has 0 radical (unpaired) electrons. The van der Waals surface area contributed by atoms with Crippen LogP contribution in [0.25, 0.3) is 0 Å². The van der Waals surface area contributed by atoms with Gasteiger partial charge < -0.3 is 4.90 Å². The molecule has 1 atom stereocenters. The van der Waals surface area contributed by atoms with Crippen molar-refractivity contribution in [1.82, 2.24) is 0 Å². The topological polar surface area (TPSA) is 40.6 Å². The number of carbonyl (C=O) groups is 2. The van der Waals surface area contributed by atoms with E-state index < -0.39 is 6.04 Å². The average molecular weight is 399 g/mol. The maximum atomic E-state index is 13.9. The third kappa shape index (κ3) is 3.39. The van der Waals surface area contributed by atoms with Gasteiger partial charge in [-0.05, 0) is 56.0 Å². The highest BCUT2D eigenvalue weighted by Crippen LogP contribution is 2.37. The maximum Gasteiger partial charge on any atom is 0.255 e. The van der Waals surface area contributed by atoms with Crippen LogP contribution in [0.4, 0.5) is 11.4 Å². The minimum absolute atomic E-state index is 0.0289. The fourth-order valence-corrected chi connectivity index (χ4v) is 4.39. The fraction of sp³-hybridized carbons (Fsp3) is 0.231. The molecule has 0 bridgehead atoms. The van der Waals surface area contributed by atoms with Crippen LogP contribution in [0.1, 0.15) is 33.9 Å². The molecule has 152 valence electrons. The number of piperazine rings is 1. The lowest BCUT2D eigenvalue weighted by atomic mass is 9.97. The van der Waals surface area contributed by atoms with Crippen LogP contribution in [0.3, 0.4) is 0 Å². The molecule has 30 heavy (non-hydrogen) atoms. The molecule has 1 aliphatic heterocycles. The third-order valence-electron chi connectivity index (χ3n) is 5.76. The fourth-order valence-electron chi connectivity index (χ4n) is 4.39. The zero-order valence-corrected chi connectivity index (χ0v) is 17.8. The van der Waals surface area contributed by atoms with E-state index in [1.165, 1.54) is 0 Å². The smallest absolute Gasteiger partial charge is 0.255 e. The maximum absolute atomic E-state index is 13.9. The number of para-hydroxylation sites is 1. The Labute approximate surface area is 177 Å². The molecular weight excluding hydrogens is 372 g/mol. The number of hydrogen-bond donors (Lipinski definition) is 0. The molecule has 0 unspecified atom stereocenters. The number of amides is 2. The molecule has 0 aromatic heterocycles. The van der Waals surface area contributed by atoms with Crippen LogP contribution in [-0.4, -0.2) is 18.4 Å². The summed E-state index contributed by atoms with van der Waals surface area (Å²) in [4.78, 5) is 30.7. The number of aryl methyl sites for hydroxylation is 4. The van der Waals surface area contributed by atoms with Crippen molar-refractivity contribution in [3.8, 4) is 0 Å². The second-order valence-corrected chi connectivity index (χ2v) is 8.03. The molecule has 4 heteroatoms. The van der Waals surface area contributed by atoms with Crippen LogP contribution in [0.2, 0.25) is 0 Å². The second-order valence-electron chi connectivity index (χ2n) is 8.03. The third-order valence-corrected chi connectivity index (χ3v) is 5.76. The summed E-state index contributed by atoms with van der Waals surface area (Å²) >= 11 is 0. The lowest BCUT2D eigenvalue weighted by molar-refractivity contribution is -0.128. The molecule has 0 aliphatic carbocycles. The first-order valence-electron chi connectivity index (χ1n) is 10.2. The predicted molar refractivity (Wildman–Crippen MR) is 121 cm³/mol. The summed E-state index contributed by atoms with van der Waals surface area (Å²) < 4.78 is 0. The Morgan fingerprint density at radius 2 is 1.43 bits per heavy atom. The van der Waals surface area contributed by atoms with E-state index in [4.69, 9.17) is 0 Å². The summed E-state index contributed by atoms with van der Waals surface area (Å²) in [6, 6.07) is 20.8. The summed E-state index contributed by atoms with van der Waals surface area (Å²) in [5.74, 6) is -0.170. The Bertz CT molecular complexity index is 1100. The second kappa shape index (κ2) is 7.79. The lowest BCUT2D eigenvalue weighted by Crippen LogP contribution is -2.56. The standard InChI is InChI=1S/C26H26N2O2/c1-17-13-14-22(20(4)15-17)28-23(29)16-27(24-18(2)9-8-10-19(24)3)26(30)25(28)21-11-6-5-7-12-21/h5-15,25H,16H2,1-4H3/t25-/m0/s1. The lowest BCUT2D eigenvalue weighted by Gasteiger charge is -2.41. The van der Waals surface area contributed by atoms with Crippen molar-refractivity contribution in [2.24, 2.45) is 0 Å². The van der Waals surface area contributed by atoms with Gasteiger partial charge in [0.25, 0.3) is 5.91 Å². The summed E-state index contributed by atoms with van der Waals surface area (Å²) in [7, 11) is 0. The van der Waals surface area contributed by atoms with Crippen molar-refractivity contribution in [2.45, 2.75) is 33.7 Å². The molecule has 2 amide bonds. The summed E-state index contributed by atoms with van der Waals surface area (Å²) in [6.07, 6.45) is 0. The van der Waals surface area contributed by atoms with Gasteiger partial charge in [0.1, 0.15) is 12.6 Å². The average Bonchev–Trinajstić information content (AvgIpc) is 2.71. The van der Waals surface area contributed by atoms with Gasteiger partial charge in [-0.2, -0.15) is 0 Å². The van der Waals surface area contributed by atoms with Gasteiger partial charge in [-0.25, -0.2) is 0 Å². The van der Waals surface area contributed by atoms with Crippen molar-refractivity contribution in [3.63, 3.8) is 0 Å². The molecule has 3 aromatic carbocycles. The van der Waals surface area contributed by atoms with Crippen LogP contribution in [-0.2, 0) is 9.59 Å². The highest BCUT2D eigenvalue weighted by Gasteiger charge is 2.42. The van der Waals surface area contributed by atoms with Crippen LogP contribution in [0.15, 0.2) is 66.7 Å². The number of anilines is 2. The molecule has 4 nitrogen and oxygen atoms in total. The van der Waals surface area contributed by atoms with Gasteiger partial charge in [0.05, 0.1) is 5.69 Å². The van der Waals surface area contributed by atoms with Crippen LogP contribution in [0.5, 0.6) is 0 Å². The van der Waals surface area contributed by atoms with Crippen LogP contribution < -0.4 is 9.80 Å². The molecule has 0 spiro atoms. The van der Waals surface area contributed by atoms with E-state index in [1.54, 1.807) is 9.80 Å². The first-order chi connectivity index (χ1) is 14.4. The Hall–Kier alpha value is -3.40. The Morgan fingerprint density at radius 3 is 2.07 bits per heavy atom. The summed E-state index contributed by atoms with van der Waals surface area (Å²) in [5, 5.41) is 0.